The average molecular weight is 389 g/mol. The predicted octanol–water partition coefficient (Wildman–Crippen LogP) is 3.75. The van der Waals surface area contributed by atoms with Gasteiger partial charge in [-0.15, -0.1) is 0 Å². The Morgan fingerprint density at radius 1 is 1.04 bits per heavy atom. The number of piperidine rings is 2. The number of nitrogens with zero attached hydrogens (tertiary/aromatic N) is 2. The first-order valence-corrected chi connectivity index (χ1v) is 10.3. The van der Waals surface area contributed by atoms with E-state index in [1.54, 1.807) is 0 Å². The van der Waals surface area contributed by atoms with Crippen LogP contribution in [0, 0.1) is 0 Å². The highest BCUT2D eigenvalue weighted by molar-refractivity contribution is 5.94. The monoisotopic (exact) mass is 388 g/mol. The van der Waals surface area contributed by atoms with Gasteiger partial charge in [-0.1, -0.05) is 32.9 Å². The Labute approximate surface area is 167 Å². The average Bonchev–Trinajstić information content (AvgIpc) is 2.67. The summed E-state index contributed by atoms with van der Waals surface area (Å²) >= 11 is 0. The molecule has 0 aromatic heterocycles. The number of likely N-dealkylation sites (tertiary alicyclic amines) is 2. The van der Waals surface area contributed by atoms with Gasteiger partial charge >= 0.3 is 6.16 Å². The van der Waals surface area contributed by atoms with Crippen LogP contribution in [-0.2, 0) is 10.2 Å². The zero-order valence-corrected chi connectivity index (χ0v) is 17.2. The van der Waals surface area contributed by atoms with Gasteiger partial charge < -0.3 is 14.7 Å². The number of benzene rings is 1. The fraction of sp³-hybridized carbons (Fsp3) is 0.636. The fourth-order valence-electron chi connectivity index (χ4n) is 4.27. The van der Waals surface area contributed by atoms with E-state index in [1.807, 2.05) is 17.0 Å². The molecule has 1 amide bonds. The molecule has 3 rings (SSSR count). The van der Waals surface area contributed by atoms with E-state index in [0.29, 0.717) is 12.6 Å². The van der Waals surface area contributed by atoms with E-state index in [2.05, 4.69) is 37.8 Å². The van der Waals surface area contributed by atoms with Crippen LogP contribution in [0.4, 0.5) is 4.79 Å². The van der Waals surface area contributed by atoms with Crippen LogP contribution in [0.3, 0.4) is 0 Å². The third kappa shape index (κ3) is 5.04. The molecule has 0 saturated carbocycles. The number of hydrogen-bond donors (Lipinski definition) is 1. The van der Waals surface area contributed by atoms with Gasteiger partial charge in [-0.25, -0.2) is 4.79 Å². The Morgan fingerprint density at radius 3 is 2.25 bits per heavy atom. The maximum Gasteiger partial charge on any atom is 0.506 e. The molecule has 28 heavy (non-hydrogen) atoms. The molecule has 2 aliphatic heterocycles. The van der Waals surface area contributed by atoms with Gasteiger partial charge in [0, 0.05) is 31.2 Å². The van der Waals surface area contributed by atoms with Crippen LogP contribution >= 0.6 is 0 Å². The Hall–Kier alpha value is -2.08. The number of hydrogen-bond acceptors (Lipinski definition) is 4. The first-order valence-electron chi connectivity index (χ1n) is 10.3. The van der Waals surface area contributed by atoms with Crippen LogP contribution in [0.15, 0.2) is 24.3 Å². The van der Waals surface area contributed by atoms with Gasteiger partial charge in [-0.05, 0) is 55.3 Å². The summed E-state index contributed by atoms with van der Waals surface area (Å²) in [5.74, 6) is 0.102. The molecule has 0 aliphatic carbocycles. The molecule has 0 spiro atoms. The number of carbonyl (C=O) groups is 2. The van der Waals surface area contributed by atoms with Crippen molar-refractivity contribution in [2.24, 2.45) is 0 Å². The molecule has 154 valence electrons. The van der Waals surface area contributed by atoms with E-state index in [4.69, 9.17) is 9.84 Å². The van der Waals surface area contributed by atoms with Crippen LogP contribution in [0.5, 0.6) is 0 Å². The lowest BCUT2D eigenvalue weighted by molar-refractivity contribution is -0.00646. The highest BCUT2D eigenvalue weighted by Crippen LogP contribution is 2.25. The summed E-state index contributed by atoms with van der Waals surface area (Å²) < 4.78 is 4.97. The van der Waals surface area contributed by atoms with E-state index in [0.717, 1.165) is 50.9 Å². The summed E-state index contributed by atoms with van der Waals surface area (Å²) in [5, 5.41) is 8.84. The van der Waals surface area contributed by atoms with E-state index in [1.165, 1.54) is 5.56 Å². The van der Waals surface area contributed by atoms with Crippen molar-refractivity contribution in [3.05, 3.63) is 35.4 Å². The third-order valence-corrected chi connectivity index (χ3v) is 5.94. The molecule has 1 unspecified atom stereocenters. The van der Waals surface area contributed by atoms with E-state index >= 15 is 0 Å². The van der Waals surface area contributed by atoms with Crippen molar-refractivity contribution < 1.29 is 19.4 Å². The van der Waals surface area contributed by atoms with Crippen molar-refractivity contribution in [1.29, 1.82) is 0 Å². The predicted molar refractivity (Wildman–Crippen MR) is 108 cm³/mol. The molecule has 0 radical (unpaired) electrons. The van der Waals surface area contributed by atoms with E-state index in [9.17, 15) is 9.59 Å². The van der Waals surface area contributed by atoms with E-state index < -0.39 is 6.16 Å². The zero-order chi connectivity index (χ0) is 20.3. The smallest absolute Gasteiger partial charge is 0.450 e. The van der Waals surface area contributed by atoms with Crippen LogP contribution in [0.25, 0.3) is 0 Å². The van der Waals surface area contributed by atoms with Gasteiger partial charge in [-0.3, -0.25) is 9.69 Å². The largest absolute Gasteiger partial charge is 0.506 e. The highest BCUT2D eigenvalue weighted by Gasteiger charge is 2.31. The van der Waals surface area contributed by atoms with Gasteiger partial charge in [0.05, 0.1) is 0 Å². The molecule has 6 heteroatoms. The van der Waals surface area contributed by atoms with Crippen molar-refractivity contribution in [2.45, 2.75) is 64.0 Å². The summed E-state index contributed by atoms with van der Waals surface area (Å²) in [6, 6.07) is 8.38. The normalized spacial score (nSPS) is 22.1. The van der Waals surface area contributed by atoms with Gasteiger partial charge in [0.2, 0.25) is 0 Å². The lowest BCUT2D eigenvalue weighted by atomic mass is 9.86. The quantitative estimate of drug-likeness (QED) is 0.799. The molecule has 6 nitrogen and oxygen atoms in total. The lowest BCUT2D eigenvalue weighted by Gasteiger charge is -2.41. The van der Waals surface area contributed by atoms with Crippen LogP contribution in [0.2, 0.25) is 0 Å². The fourth-order valence-corrected chi connectivity index (χ4v) is 4.27. The second kappa shape index (κ2) is 8.52. The minimum Gasteiger partial charge on any atom is -0.450 e. The molecule has 1 N–H and O–H groups in total. The summed E-state index contributed by atoms with van der Waals surface area (Å²) in [6.45, 7) is 9.63. The molecule has 1 atom stereocenters. The minimum absolute atomic E-state index is 0.0799. The number of amides is 1. The first-order chi connectivity index (χ1) is 13.2. The van der Waals surface area contributed by atoms with E-state index in [-0.39, 0.29) is 17.4 Å². The number of rotatable bonds is 3. The standard InChI is InChI=1S/C22H32N2O4/c1-22(2,3)17-8-6-16(7-9-17)20(25)23-13-10-18(11-14-23)24-12-4-5-19(15-24)28-21(26)27/h6-9,18-19H,4-5,10-15H2,1-3H3,(H,26,27). The number of carbonyl (C=O) groups excluding carboxylic acids is 1. The van der Waals surface area contributed by atoms with Crippen LogP contribution in [-0.4, -0.2) is 65.3 Å². The topological polar surface area (TPSA) is 70.1 Å². The molecular formula is C22H32N2O4. The summed E-state index contributed by atoms with van der Waals surface area (Å²) in [4.78, 5) is 27.9. The number of carboxylic acid groups (broad SMARTS) is 1. The lowest BCUT2D eigenvalue weighted by Crippen LogP contribution is -2.51. The Morgan fingerprint density at radius 2 is 1.68 bits per heavy atom. The van der Waals surface area contributed by atoms with Gasteiger partial charge in [0.1, 0.15) is 6.10 Å². The molecule has 1 aromatic carbocycles. The van der Waals surface area contributed by atoms with Crippen LogP contribution in [0.1, 0.15) is 62.4 Å². The second-order valence-electron chi connectivity index (χ2n) is 8.99. The maximum absolute atomic E-state index is 12.8. The third-order valence-electron chi connectivity index (χ3n) is 5.94. The molecular weight excluding hydrogens is 356 g/mol. The highest BCUT2D eigenvalue weighted by atomic mass is 16.7. The second-order valence-corrected chi connectivity index (χ2v) is 8.99. The summed E-state index contributed by atoms with van der Waals surface area (Å²) in [5.41, 5.74) is 2.06. The molecule has 1 aromatic rings. The maximum atomic E-state index is 12.8. The Bertz CT molecular complexity index is 687. The van der Waals surface area contributed by atoms with Crippen molar-refractivity contribution >= 4 is 12.1 Å². The van der Waals surface area contributed by atoms with Crippen molar-refractivity contribution in [3.63, 3.8) is 0 Å². The summed E-state index contributed by atoms with van der Waals surface area (Å²) in [7, 11) is 0. The molecule has 2 heterocycles. The van der Waals surface area contributed by atoms with Gasteiger partial charge in [0.15, 0.2) is 0 Å². The minimum atomic E-state index is -1.19. The van der Waals surface area contributed by atoms with Crippen molar-refractivity contribution in [2.75, 3.05) is 26.2 Å². The van der Waals surface area contributed by atoms with Crippen LogP contribution < -0.4 is 0 Å². The van der Waals surface area contributed by atoms with Gasteiger partial charge in [-0.2, -0.15) is 0 Å². The number of ether oxygens (including phenoxy) is 1. The summed E-state index contributed by atoms with van der Waals surface area (Å²) in [6.07, 6.45) is 2.18. The molecule has 2 aliphatic rings. The molecule has 0 bridgehead atoms. The van der Waals surface area contributed by atoms with Crippen molar-refractivity contribution in [1.82, 2.24) is 9.80 Å². The molecule has 2 fully saturated rings. The Balaban J connectivity index is 1.53. The Kier molecular flexibility index (Phi) is 6.28. The zero-order valence-electron chi connectivity index (χ0n) is 17.2. The molecule has 2 saturated heterocycles. The SMILES string of the molecule is CC(C)(C)c1ccc(C(=O)N2CCC(N3CCCC(OC(=O)O)C3)CC2)cc1. The van der Waals surface area contributed by atoms with Gasteiger partial charge in [0.25, 0.3) is 5.91 Å². The van der Waals surface area contributed by atoms with Crippen molar-refractivity contribution in [3.8, 4) is 0 Å². The first kappa shape index (κ1) is 20.6.